The number of hydrogen-bond acceptors (Lipinski definition) is 4. The minimum atomic E-state index is -3.55. The van der Waals surface area contributed by atoms with E-state index in [1.165, 1.54) is 16.8 Å². The van der Waals surface area contributed by atoms with E-state index in [9.17, 15) is 13.2 Å². The highest BCUT2D eigenvalue weighted by Gasteiger charge is 2.38. The Morgan fingerprint density at radius 1 is 1.19 bits per heavy atom. The van der Waals surface area contributed by atoms with E-state index in [-0.39, 0.29) is 10.8 Å². The van der Waals surface area contributed by atoms with E-state index in [0.29, 0.717) is 24.1 Å². The molecule has 0 saturated carbocycles. The Balaban J connectivity index is 1.75. The van der Waals surface area contributed by atoms with Gasteiger partial charge in [-0.25, -0.2) is 8.42 Å². The molecular formula is C19H29N3O3S. The van der Waals surface area contributed by atoms with Gasteiger partial charge in [-0.05, 0) is 49.4 Å². The van der Waals surface area contributed by atoms with Crippen molar-refractivity contribution < 1.29 is 13.2 Å². The largest absolute Gasteiger partial charge is 0.339 e. The van der Waals surface area contributed by atoms with Crippen molar-refractivity contribution in [2.45, 2.75) is 38.0 Å². The summed E-state index contributed by atoms with van der Waals surface area (Å²) in [5.41, 5.74) is 0.809. The van der Waals surface area contributed by atoms with Gasteiger partial charge in [-0.1, -0.05) is 19.9 Å². The molecule has 2 aliphatic heterocycles. The average Bonchev–Trinajstić information content (AvgIpc) is 3.11. The van der Waals surface area contributed by atoms with Gasteiger partial charge in [0.1, 0.15) is 0 Å². The summed E-state index contributed by atoms with van der Waals surface area (Å²) in [7, 11) is -3.55. The SMILES string of the molecule is CCN(CC)S(=O)(=O)c1cccc(C(=O)N2CCC3(CCNC3)CC2)c1. The fourth-order valence-electron chi connectivity index (χ4n) is 4.09. The predicted octanol–water partition coefficient (Wildman–Crippen LogP) is 1.93. The number of benzene rings is 1. The van der Waals surface area contributed by atoms with Crippen LogP contribution in [0.25, 0.3) is 0 Å². The average molecular weight is 380 g/mol. The van der Waals surface area contributed by atoms with Crippen LogP contribution in [0, 0.1) is 5.41 Å². The van der Waals surface area contributed by atoms with E-state index < -0.39 is 10.0 Å². The maximum atomic E-state index is 12.9. The van der Waals surface area contributed by atoms with Crippen LogP contribution in [0.1, 0.15) is 43.5 Å². The molecule has 1 amide bonds. The third-order valence-electron chi connectivity index (χ3n) is 5.87. The van der Waals surface area contributed by atoms with Gasteiger partial charge in [0, 0.05) is 38.3 Å². The molecule has 1 aromatic rings. The molecule has 6 nitrogen and oxygen atoms in total. The molecule has 7 heteroatoms. The summed E-state index contributed by atoms with van der Waals surface area (Å²) in [6.07, 6.45) is 3.22. The lowest BCUT2D eigenvalue weighted by atomic mass is 9.78. The fourth-order valence-corrected chi connectivity index (χ4v) is 5.60. The Bertz CT molecular complexity index is 743. The number of hydrogen-bond donors (Lipinski definition) is 1. The smallest absolute Gasteiger partial charge is 0.253 e. The first kappa shape index (κ1) is 19.3. The first-order chi connectivity index (χ1) is 12.4. The molecule has 26 heavy (non-hydrogen) atoms. The van der Waals surface area contributed by atoms with Gasteiger partial charge < -0.3 is 10.2 Å². The molecule has 0 bridgehead atoms. The van der Waals surface area contributed by atoms with Gasteiger partial charge in [-0.15, -0.1) is 0 Å². The topological polar surface area (TPSA) is 69.7 Å². The summed E-state index contributed by atoms with van der Waals surface area (Å²) in [4.78, 5) is 15.0. The molecule has 0 aliphatic carbocycles. The molecule has 3 rings (SSSR count). The van der Waals surface area contributed by atoms with E-state index in [1.54, 1.807) is 18.2 Å². The second-order valence-electron chi connectivity index (χ2n) is 7.34. The Labute approximate surface area is 156 Å². The second-order valence-corrected chi connectivity index (χ2v) is 9.27. The molecule has 2 aliphatic rings. The number of rotatable bonds is 5. The lowest BCUT2D eigenvalue weighted by molar-refractivity contribution is 0.0607. The van der Waals surface area contributed by atoms with Crippen molar-refractivity contribution in [3.8, 4) is 0 Å². The van der Waals surface area contributed by atoms with Crippen LogP contribution in [0.5, 0.6) is 0 Å². The van der Waals surface area contributed by atoms with Crippen LogP contribution >= 0.6 is 0 Å². The van der Waals surface area contributed by atoms with Gasteiger partial charge in [-0.2, -0.15) is 4.31 Å². The fraction of sp³-hybridized carbons (Fsp3) is 0.632. The lowest BCUT2D eigenvalue weighted by Gasteiger charge is -2.39. The molecule has 144 valence electrons. The molecule has 0 aromatic heterocycles. The third kappa shape index (κ3) is 3.66. The maximum Gasteiger partial charge on any atom is 0.253 e. The van der Waals surface area contributed by atoms with Crippen molar-refractivity contribution in [1.29, 1.82) is 0 Å². The van der Waals surface area contributed by atoms with Crippen molar-refractivity contribution >= 4 is 15.9 Å². The van der Waals surface area contributed by atoms with Crippen molar-refractivity contribution in [3.63, 3.8) is 0 Å². The molecule has 0 atom stereocenters. The highest BCUT2D eigenvalue weighted by Crippen LogP contribution is 2.37. The monoisotopic (exact) mass is 379 g/mol. The number of amides is 1. The van der Waals surface area contributed by atoms with Gasteiger partial charge in [0.25, 0.3) is 5.91 Å². The zero-order valence-corrected chi connectivity index (χ0v) is 16.5. The summed E-state index contributed by atoms with van der Waals surface area (Å²) < 4.78 is 26.8. The van der Waals surface area contributed by atoms with E-state index in [4.69, 9.17) is 0 Å². The van der Waals surface area contributed by atoms with Gasteiger partial charge in [0.2, 0.25) is 10.0 Å². The van der Waals surface area contributed by atoms with Crippen LogP contribution in [0.3, 0.4) is 0 Å². The highest BCUT2D eigenvalue weighted by atomic mass is 32.2. The number of likely N-dealkylation sites (tertiary alicyclic amines) is 1. The van der Waals surface area contributed by atoms with Crippen LogP contribution in [0.2, 0.25) is 0 Å². The van der Waals surface area contributed by atoms with Crippen molar-refractivity contribution in [2.24, 2.45) is 5.41 Å². The van der Waals surface area contributed by atoms with Crippen LogP contribution in [-0.4, -0.2) is 62.8 Å². The van der Waals surface area contributed by atoms with Crippen molar-refractivity contribution in [2.75, 3.05) is 39.3 Å². The summed E-state index contributed by atoms with van der Waals surface area (Å²) in [6.45, 7) is 8.07. The normalized spacial score (nSPS) is 20.0. The molecular weight excluding hydrogens is 350 g/mol. The lowest BCUT2D eigenvalue weighted by Crippen LogP contribution is -2.44. The Morgan fingerprint density at radius 2 is 1.88 bits per heavy atom. The number of nitrogens with zero attached hydrogens (tertiary/aromatic N) is 2. The van der Waals surface area contributed by atoms with Crippen LogP contribution in [0.15, 0.2) is 29.2 Å². The Morgan fingerprint density at radius 3 is 2.46 bits per heavy atom. The zero-order chi connectivity index (χ0) is 18.8. The standard InChI is InChI=1S/C19H29N3O3S/c1-3-22(4-2)26(24,25)17-7-5-6-16(14-17)18(23)21-12-9-19(10-13-21)8-11-20-15-19/h5-7,14,20H,3-4,8-13,15H2,1-2H3. The zero-order valence-electron chi connectivity index (χ0n) is 15.7. The maximum absolute atomic E-state index is 12.9. The number of carbonyl (C=O) groups is 1. The Hall–Kier alpha value is -1.44. The first-order valence-electron chi connectivity index (χ1n) is 9.52. The van der Waals surface area contributed by atoms with Crippen LogP contribution in [-0.2, 0) is 10.0 Å². The van der Waals surface area contributed by atoms with Crippen molar-refractivity contribution in [3.05, 3.63) is 29.8 Å². The van der Waals surface area contributed by atoms with Crippen molar-refractivity contribution in [1.82, 2.24) is 14.5 Å². The minimum Gasteiger partial charge on any atom is -0.339 e. The molecule has 1 spiro atoms. The van der Waals surface area contributed by atoms with Crippen LogP contribution in [0.4, 0.5) is 0 Å². The van der Waals surface area contributed by atoms with Gasteiger partial charge in [0.05, 0.1) is 4.90 Å². The summed E-state index contributed by atoms with van der Waals surface area (Å²) in [5, 5.41) is 3.43. The van der Waals surface area contributed by atoms with E-state index in [0.717, 1.165) is 39.0 Å². The second kappa shape index (κ2) is 7.66. The third-order valence-corrected chi connectivity index (χ3v) is 7.91. The van der Waals surface area contributed by atoms with Gasteiger partial charge >= 0.3 is 0 Å². The molecule has 2 heterocycles. The highest BCUT2D eigenvalue weighted by molar-refractivity contribution is 7.89. The summed E-state index contributed by atoms with van der Waals surface area (Å²) >= 11 is 0. The van der Waals surface area contributed by atoms with Gasteiger partial charge in [-0.3, -0.25) is 4.79 Å². The van der Waals surface area contributed by atoms with Crippen LogP contribution < -0.4 is 5.32 Å². The van der Waals surface area contributed by atoms with E-state index >= 15 is 0 Å². The first-order valence-corrected chi connectivity index (χ1v) is 11.0. The molecule has 1 N–H and O–H groups in total. The molecule has 1 aromatic carbocycles. The Kier molecular flexibility index (Phi) is 5.69. The number of sulfonamides is 1. The predicted molar refractivity (Wildman–Crippen MR) is 102 cm³/mol. The molecule has 2 saturated heterocycles. The molecule has 0 radical (unpaired) electrons. The quantitative estimate of drug-likeness (QED) is 0.849. The molecule has 0 unspecified atom stereocenters. The number of carbonyl (C=O) groups excluding carboxylic acids is 1. The van der Waals surface area contributed by atoms with E-state index in [2.05, 4.69) is 5.32 Å². The molecule has 2 fully saturated rings. The number of piperidine rings is 1. The minimum absolute atomic E-state index is 0.0672. The summed E-state index contributed by atoms with van der Waals surface area (Å²) in [5.74, 6) is -0.0672. The van der Waals surface area contributed by atoms with E-state index in [1.807, 2.05) is 18.7 Å². The number of nitrogens with one attached hydrogen (secondary N) is 1. The summed E-state index contributed by atoms with van der Waals surface area (Å²) in [6, 6.07) is 6.47. The van der Waals surface area contributed by atoms with Gasteiger partial charge in [0.15, 0.2) is 0 Å².